The summed E-state index contributed by atoms with van der Waals surface area (Å²) < 4.78 is 0. The zero-order valence-corrected chi connectivity index (χ0v) is 10.8. The Kier molecular flexibility index (Phi) is 4.06. The van der Waals surface area contributed by atoms with E-state index < -0.39 is 5.97 Å². The number of amides is 2. The molecule has 1 aliphatic carbocycles. The Morgan fingerprint density at radius 2 is 1.83 bits per heavy atom. The van der Waals surface area contributed by atoms with Crippen molar-refractivity contribution in [2.45, 2.75) is 12.8 Å². The van der Waals surface area contributed by atoms with Crippen molar-refractivity contribution in [3.8, 4) is 0 Å². The fraction of sp³-hybridized carbons (Fsp3) is 0.833. The molecular formula is C12H21N3O3. The van der Waals surface area contributed by atoms with Gasteiger partial charge >= 0.3 is 12.0 Å². The van der Waals surface area contributed by atoms with Crippen molar-refractivity contribution in [1.82, 2.24) is 14.7 Å². The van der Waals surface area contributed by atoms with E-state index in [-0.39, 0.29) is 12.6 Å². The van der Waals surface area contributed by atoms with Gasteiger partial charge < -0.3 is 19.8 Å². The summed E-state index contributed by atoms with van der Waals surface area (Å²) in [5, 5.41) is 8.89. The topological polar surface area (TPSA) is 64.1 Å². The van der Waals surface area contributed by atoms with E-state index in [2.05, 4.69) is 4.90 Å². The molecule has 6 heteroatoms. The number of rotatable bonds is 4. The Bertz CT molecular complexity index is 323. The number of carbonyl (C=O) groups is 2. The van der Waals surface area contributed by atoms with E-state index in [1.807, 2.05) is 7.05 Å². The van der Waals surface area contributed by atoms with Crippen molar-refractivity contribution in [1.29, 1.82) is 0 Å². The van der Waals surface area contributed by atoms with Crippen LogP contribution >= 0.6 is 0 Å². The second-order valence-electron chi connectivity index (χ2n) is 5.29. The fourth-order valence-corrected chi connectivity index (χ4v) is 2.18. The van der Waals surface area contributed by atoms with Crippen LogP contribution in [0.2, 0.25) is 0 Å². The molecule has 0 aromatic carbocycles. The zero-order valence-electron chi connectivity index (χ0n) is 10.8. The Hall–Kier alpha value is -1.30. The molecule has 2 aliphatic rings. The highest BCUT2D eigenvalue weighted by Gasteiger charge is 2.31. The van der Waals surface area contributed by atoms with Gasteiger partial charge in [0.25, 0.3) is 0 Å². The number of nitrogens with zero attached hydrogens (tertiary/aromatic N) is 3. The third-order valence-electron chi connectivity index (χ3n) is 3.55. The van der Waals surface area contributed by atoms with Crippen LogP contribution in [0.25, 0.3) is 0 Å². The molecule has 1 saturated carbocycles. The lowest BCUT2D eigenvalue weighted by Gasteiger charge is -2.35. The summed E-state index contributed by atoms with van der Waals surface area (Å²) in [6, 6.07) is -0.114. The van der Waals surface area contributed by atoms with Crippen LogP contribution in [0.3, 0.4) is 0 Å². The van der Waals surface area contributed by atoms with E-state index in [4.69, 9.17) is 5.11 Å². The van der Waals surface area contributed by atoms with Crippen LogP contribution in [0.15, 0.2) is 0 Å². The van der Waals surface area contributed by atoms with E-state index in [9.17, 15) is 9.59 Å². The summed E-state index contributed by atoms with van der Waals surface area (Å²) in [6.07, 6.45) is 2.23. The summed E-state index contributed by atoms with van der Waals surface area (Å²) in [7, 11) is 2.03. The van der Waals surface area contributed by atoms with Crippen LogP contribution in [0.4, 0.5) is 4.79 Å². The maximum atomic E-state index is 12.3. The van der Waals surface area contributed by atoms with Gasteiger partial charge in [0, 0.05) is 32.7 Å². The highest BCUT2D eigenvalue weighted by atomic mass is 16.4. The van der Waals surface area contributed by atoms with E-state index in [0.29, 0.717) is 25.6 Å². The summed E-state index contributed by atoms with van der Waals surface area (Å²) in [6.45, 7) is 3.51. The normalized spacial score (nSPS) is 20.8. The number of likely N-dealkylation sites (N-methyl/N-ethyl adjacent to an activating group) is 1. The van der Waals surface area contributed by atoms with E-state index >= 15 is 0 Å². The molecule has 0 unspecified atom stereocenters. The molecule has 0 spiro atoms. The highest BCUT2D eigenvalue weighted by molar-refractivity contribution is 5.80. The predicted octanol–water partition coefficient (Wildman–Crippen LogP) is 0.150. The molecule has 0 radical (unpaired) electrons. The first-order valence-corrected chi connectivity index (χ1v) is 6.50. The van der Waals surface area contributed by atoms with Gasteiger partial charge in [-0.25, -0.2) is 4.79 Å². The predicted molar refractivity (Wildman–Crippen MR) is 66.4 cm³/mol. The minimum atomic E-state index is -0.932. The van der Waals surface area contributed by atoms with Crippen LogP contribution in [-0.4, -0.2) is 78.1 Å². The van der Waals surface area contributed by atoms with Crippen molar-refractivity contribution in [3.63, 3.8) is 0 Å². The number of carboxylic acids is 1. The molecule has 0 aromatic rings. The molecule has 2 amide bonds. The van der Waals surface area contributed by atoms with E-state index in [1.54, 1.807) is 4.90 Å². The smallest absolute Gasteiger partial charge is 0.323 e. The molecule has 0 bridgehead atoms. The standard InChI is InChI=1S/C12H21N3O3/c1-13-4-6-14(7-5-13)12(18)15(9-11(16)17)8-10-2-3-10/h10H,2-9H2,1H3,(H,16,17). The van der Waals surface area contributed by atoms with Gasteiger partial charge in [0.1, 0.15) is 6.54 Å². The van der Waals surface area contributed by atoms with Gasteiger partial charge in [-0.05, 0) is 25.8 Å². The molecule has 102 valence electrons. The van der Waals surface area contributed by atoms with Crippen LogP contribution in [-0.2, 0) is 4.79 Å². The van der Waals surface area contributed by atoms with Crippen molar-refractivity contribution < 1.29 is 14.7 Å². The van der Waals surface area contributed by atoms with Gasteiger partial charge in [-0.15, -0.1) is 0 Å². The lowest BCUT2D eigenvalue weighted by Crippen LogP contribution is -2.53. The minimum absolute atomic E-state index is 0.114. The van der Waals surface area contributed by atoms with Crippen molar-refractivity contribution in [2.75, 3.05) is 46.3 Å². The molecule has 1 N–H and O–H groups in total. The first-order chi connectivity index (χ1) is 8.56. The van der Waals surface area contributed by atoms with Crippen LogP contribution in [0.1, 0.15) is 12.8 Å². The molecule has 0 aromatic heterocycles. The molecule has 6 nitrogen and oxygen atoms in total. The summed E-state index contributed by atoms with van der Waals surface area (Å²) >= 11 is 0. The first kappa shape index (κ1) is 13.1. The van der Waals surface area contributed by atoms with Crippen molar-refractivity contribution >= 4 is 12.0 Å². The average molecular weight is 255 g/mol. The monoisotopic (exact) mass is 255 g/mol. The van der Waals surface area contributed by atoms with Gasteiger partial charge in [-0.2, -0.15) is 0 Å². The lowest BCUT2D eigenvalue weighted by molar-refractivity contribution is -0.137. The first-order valence-electron chi connectivity index (χ1n) is 6.50. The number of hydrogen-bond donors (Lipinski definition) is 1. The maximum Gasteiger partial charge on any atom is 0.323 e. The number of piperazine rings is 1. The van der Waals surface area contributed by atoms with Crippen molar-refractivity contribution in [2.24, 2.45) is 5.92 Å². The van der Waals surface area contributed by atoms with Crippen LogP contribution in [0.5, 0.6) is 0 Å². The second kappa shape index (κ2) is 5.56. The van der Waals surface area contributed by atoms with Gasteiger partial charge in [0.2, 0.25) is 0 Å². The summed E-state index contributed by atoms with van der Waals surface area (Å²) in [5.74, 6) is -0.418. The maximum absolute atomic E-state index is 12.3. The Labute approximate surface area is 107 Å². The largest absolute Gasteiger partial charge is 0.480 e. The quantitative estimate of drug-likeness (QED) is 0.776. The Morgan fingerprint density at radius 3 is 2.33 bits per heavy atom. The molecule has 1 aliphatic heterocycles. The molecule has 2 rings (SSSR count). The molecule has 0 atom stereocenters. The molecule has 1 saturated heterocycles. The van der Waals surface area contributed by atoms with Crippen LogP contribution in [0, 0.1) is 5.92 Å². The highest BCUT2D eigenvalue weighted by Crippen LogP contribution is 2.30. The molecule has 18 heavy (non-hydrogen) atoms. The second-order valence-corrected chi connectivity index (χ2v) is 5.29. The van der Waals surface area contributed by atoms with E-state index in [1.165, 1.54) is 4.90 Å². The van der Waals surface area contributed by atoms with Crippen molar-refractivity contribution in [3.05, 3.63) is 0 Å². The molecule has 2 fully saturated rings. The van der Waals surface area contributed by atoms with Gasteiger partial charge in [0.05, 0.1) is 0 Å². The molecular weight excluding hydrogens is 234 g/mol. The van der Waals surface area contributed by atoms with Gasteiger partial charge in [-0.1, -0.05) is 0 Å². The van der Waals surface area contributed by atoms with Gasteiger partial charge in [0.15, 0.2) is 0 Å². The third-order valence-corrected chi connectivity index (χ3v) is 3.55. The molecule has 1 heterocycles. The summed E-state index contributed by atoms with van der Waals surface area (Å²) in [5.41, 5.74) is 0. The SMILES string of the molecule is CN1CCN(C(=O)N(CC(=O)O)CC2CC2)CC1. The third kappa shape index (κ3) is 3.60. The number of hydrogen-bond acceptors (Lipinski definition) is 3. The summed E-state index contributed by atoms with van der Waals surface area (Å²) in [4.78, 5) is 28.5. The average Bonchev–Trinajstić information content (AvgIpc) is 3.12. The van der Waals surface area contributed by atoms with E-state index in [0.717, 1.165) is 25.9 Å². The number of carbonyl (C=O) groups excluding carboxylic acids is 1. The van der Waals surface area contributed by atoms with Gasteiger partial charge in [-0.3, -0.25) is 4.79 Å². The number of urea groups is 1. The lowest BCUT2D eigenvalue weighted by atomic mass is 10.3. The Morgan fingerprint density at radius 1 is 1.22 bits per heavy atom. The Balaban J connectivity index is 1.90. The zero-order chi connectivity index (χ0) is 13.1. The van der Waals surface area contributed by atoms with Crippen LogP contribution < -0.4 is 0 Å². The number of aliphatic carboxylic acids is 1. The number of carboxylic acid groups (broad SMARTS) is 1. The fourth-order valence-electron chi connectivity index (χ4n) is 2.18. The minimum Gasteiger partial charge on any atom is -0.480 e.